The standard InChI is InChI=1S/C18H29N3O4/c1-4-19-18(20-8-5-9-24-12-14-6-7-14)21-11-15-10-16(13(2)25-15)17(22)23-3/h10,14H,4-9,11-12H2,1-3H3,(H2,19,20,21). The number of methoxy groups -OCH3 is 1. The number of aliphatic imine (C=N–C) groups is 1. The van der Waals surface area contributed by atoms with Crippen LogP contribution in [0.15, 0.2) is 15.5 Å². The highest BCUT2D eigenvalue weighted by Gasteiger charge is 2.20. The van der Waals surface area contributed by atoms with Gasteiger partial charge in [-0.05, 0) is 45.1 Å². The van der Waals surface area contributed by atoms with Gasteiger partial charge in [-0.15, -0.1) is 0 Å². The maximum absolute atomic E-state index is 11.6. The molecule has 2 N–H and O–H groups in total. The zero-order chi connectivity index (χ0) is 18.1. The third kappa shape index (κ3) is 6.78. The highest BCUT2D eigenvalue weighted by molar-refractivity contribution is 5.90. The molecule has 0 aromatic carbocycles. The summed E-state index contributed by atoms with van der Waals surface area (Å²) in [5.74, 6) is 2.30. The van der Waals surface area contributed by atoms with Crippen LogP contribution >= 0.6 is 0 Å². The number of furan rings is 1. The van der Waals surface area contributed by atoms with Crippen molar-refractivity contribution in [1.29, 1.82) is 0 Å². The SMILES string of the molecule is CCNC(=NCc1cc(C(=O)OC)c(C)o1)NCCCOCC1CC1. The van der Waals surface area contributed by atoms with Crippen LogP contribution in [0.2, 0.25) is 0 Å². The normalized spacial score (nSPS) is 14.4. The maximum Gasteiger partial charge on any atom is 0.341 e. The van der Waals surface area contributed by atoms with Crippen molar-refractivity contribution in [1.82, 2.24) is 10.6 Å². The number of carbonyl (C=O) groups excluding carboxylic acids is 1. The number of rotatable bonds is 10. The summed E-state index contributed by atoms with van der Waals surface area (Å²) in [6.07, 6.45) is 3.57. The van der Waals surface area contributed by atoms with Gasteiger partial charge in [-0.2, -0.15) is 0 Å². The average molecular weight is 351 g/mol. The second kappa shape index (κ2) is 10.1. The minimum atomic E-state index is -0.396. The predicted octanol–water partition coefficient (Wildman–Crippen LogP) is 2.25. The highest BCUT2D eigenvalue weighted by Crippen LogP contribution is 2.28. The van der Waals surface area contributed by atoms with E-state index in [1.807, 2.05) is 6.92 Å². The van der Waals surface area contributed by atoms with Crippen LogP contribution in [0, 0.1) is 12.8 Å². The molecule has 1 aromatic rings. The molecule has 0 bridgehead atoms. The second-order valence-electron chi connectivity index (χ2n) is 6.17. The van der Waals surface area contributed by atoms with Crippen LogP contribution in [-0.2, 0) is 16.0 Å². The molecule has 0 aliphatic heterocycles. The van der Waals surface area contributed by atoms with E-state index in [9.17, 15) is 4.79 Å². The van der Waals surface area contributed by atoms with Gasteiger partial charge < -0.3 is 24.5 Å². The first-order valence-electron chi connectivity index (χ1n) is 8.91. The van der Waals surface area contributed by atoms with Gasteiger partial charge in [0.15, 0.2) is 5.96 Å². The molecule has 2 rings (SSSR count). The quantitative estimate of drug-likeness (QED) is 0.291. The number of ether oxygens (including phenoxy) is 2. The molecule has 140 valence electrons. The lowest BCUT2D eigenvalue weighted by molar-refractivity contribution is 0.0599. The molecule has 25 heavy (non-hydrogen) atoms. The molecule has 0 saturated heterocycles. The van der Waals surface area contributed by atoms with Gasteiger partial charge in [-0.3, -0.25) is 0 Å². The molecular formula is C18H29N3O4. The molecule has 7 nitrogen and oxygen atoms in total. The fourth-order valence-electron chi connectivity index (χ4n) is 2.35. The maximum atomic E-state index is 11.6. The first-order valence-corrected chi connectivity index (χ1v) is 8.91. The summed E-state index contributed by atoms with van der Waals surface area (Å²) in [4.78, 5) is 16.1. The van der Waals surface area contributed by atoms with E-state index in [0.29, 0.717) is 23.6 Å². The number of aryl methyl sites for hydroxylation is 1. The molecule has 1 fully saturated rings. The number of carbonyl (C=O) groups is 1. The fourth-order valence-corrected chi connectivity index (χ4v) is 2.35. The van der Waals surface area contributed by atoms with Crippen LogP contribution in [0.1, 0.15) is 48.1 Å². The van der Waals surface area contributed by atoms with E-state index >= 15 is 0 Å². The average Bonchev–Trinajstić information content (AvgIpc) is 3.36. The molecule has 1 aliphatic carbocycles. The van der Waals surface area contributed by atoms with E-state index in [1.165, 1.54) is 20.0 Å². The molecule has 1 aliphatic rings. The molecule has 0 atom stereocenters. The third-order valence-corrected chi connectivity index (χ3v) is 3.92. The Balaban J connectivity index is 1.76. The van der Waals surface area contributed by atoms with E-state index in [-0.39, 0.29) is 0 Å². The number of guanidine groups is 1. The topological polar surface area (TPSA) is 85.1 Å². The fraction of sp³-hybridized carbons (Fsp3) is 0.667. The van der Waals surface area contributed by atoms with Gasteiger partial charge in [0, 0.05) is 26.3 Å². The number of esters is 1. The van der Waals surface area contributed by atoms with Crippen LogP contribution in [-0.4, -0.2) is 45.3 Å². The summed E-state index contributed by atoms with van der Waals surface area (Å²) >= 11 is 0. The van der Waals surface area contributed by atoms with E-state index in [0.717, 1.165) is 44.6 Å². The van der Waals surface area contributed by atoms with Crippen LogP contribution < -0.4 is 10.6 Å². The van der Waals surface area contributed by atoms with Crippen LogP contribution in [0.25, 0.3) is 0 Å². The third-order valence-electron chi connectivity index (χ3n) is 3.92. The van der Waals surface area contributed by atoms with Crippen molar-refractivity contribution in [2.45, 2.75) is 39.7 Å². The van der Waals surface area contributed by atoms with Gasteiger partial charge in [0.25, 0.3) is 0 Å². The molecule has 7 heteroatoms. The molecule has 0 radical (unpaired) electrons. The van der Waals surface area contributed by atoms with E-state index < -0.39 is 5.97 Å². The summed E-state index contributed by atoms with van der Waals surface area (Å²) < 4.78 is 15.9. The Hall–Kier alpha value is -2.02. The summed E-state index contributed by atoms with van der Waals surface area (Å²) in [7, 11) is 1.36. The van der Waals surface area contributed by atoms with Gasteiger partial charge in [0.1, 0.15) is 23.6 Å². The predicted molar refractivity (Wildman–Crippen MR) is 95.8 cm³/mol. The van der Waals surface area contributed by atoms with Gasteiger partial charge in [-0.25, -0.2) is 9.79 Å². The lowest BCUT2D eigenvalue weighted by Gasteiger charge is -2.11. The van der Waals surface area contributed by atoms with Crippen molar-refractivity contribution in [3.05, 3.63) is 23.2 Å². The van der Waals surface area contributed by atoms with Gasteiger partial charge in [-0.1, -0.05) is 0 Å². The van der Waals surface area contributed by atoms with E-state index in [1.54, 1.807) is 13.0 Å². The number of nitrogens with one attached hydrogen (secondary N) is 2. The smallest absolute Gasteiger partial charge is 0.341 e. The van der Waals surface area contributed by atoms with Crippen molar-refractivity contribution in [3.8, 4) is 0 Å². The first-order chi connectivity index (χ1) is 12.1. The minimum absolute atomic E-state index is 0.353. The number of hydrogen-bond acceptors (Lipinski definition) is 5. The Bertz CT molecular complexity index is 579. The molecule has 1 heterocycles. The first kappa shape index (κ1) is 19.3. The largest absolute Gasteiger partial charge is 0.465 e. The molecular weight excluding hydrogens is 322 g/mol. The zero-order valence-corrected chi connectivity index (χ0v) is 15.4. The second-order valence-corrected chi connectivity index (χ2v) is 6.17. The van der Waals surface area contributed by atoms with Crippen molar-refractivity contribution in [3.63, 3.8) is 0 Å². The molecule has 0 unspecified atom stereocenters. The molecule has 1 aromatic heterocycles. The Morgan fingerprint density at radius 1 is 1.40 bits per heavy atom. The lowest BCUT2D eigenvalue weighted by Crippen LogP contribution is -2.38. The number of nitrogens with zero attached hydrogens (tertiary/aromatic N) is 1. The monoisotopic (exact) mass is 351 g/mol. The van der Waals surface area contributed by atoms with Crippen molar-refractivity contribution in [2.24, 2.45) is 10.9 Å². The Kier molecular flexibility index (Phi) is 7.78. The Labute approximate surface area is 149 Å². The minimum Gasteiger partial charge on any atom is -0.465 e. The van der Waals surface area contributed by atoms with Crippen LogP contribution in [0.4, 0.5) is 0 Å². The molecule has 0 spiro atoms. The lowest BCUT2D eigenvalue weighted by atomic mass is 10.2. The summed E-state index contributed by atoms with van der Waals surface area (Å²) in [6, 6.07) is 1.68. The van der Waals surface area contributed by atoms with Gasteiger partial charge in [0.05, 0.1) is 7.11 Å². The van der Waals surface area contributed by atoms with Crippen molar-refractivity contribution in [2.75, 3.05) is 33.4 Å². The zero-order valence-electron chi connectivity index (χ0n) is 15.4. The summed E-state index contributed by atoms with van der Waals surface area (Å²) in [5, 5.41) is 6.47. The highest BCUT2D eigenvalue weighted by atomic mass is 16.5. The van der Waals surface area contributed by atoms with E-state index in [2.05, 4.69) is 15.6 Å². The van der Waals surface area contributed by atoms with Crippen LogP contribution in [0.3, 0.4) is 0 Å². The van der Waals surface area contributed by atoms with Gasteiger partial charge in [0.2, 0.25) is 0 Å². The summed E-state index contributed by atoms with van der Waals surface area (Å²) in [6.45, 7) is 7.34. The van der Waals surface area contributed by atoms with Crippen LogP contribution in [0.5, 0.6) is 0 Å². The summed E-state index contributed by atoms with van der Waals surface area (Å²) in [5.41, 5.74) is 0.443. The van der Waals surface area contributed by atoms with Crippen molar-refractivity contribution >= 4 is 11.9 Å². The Morgan fingerprint density at radius 2 is 2.20 bits per heavy atom. The van der Waals surface area contributed by atoms with Crippen molar-refractivity contribution < 1.29 is 18.7 Å². The molecule has 0 amide bonds. The van der Waals surface area contributed by atoms with Gasteiger partial charge >= 0.3 is 5.97 Å². The Morgan fingerprint density at radius 3 is 2.88 bits per heavy atom. The molecule has 1 saturated carbocycles. The van der Waals surface area contributed by atoms with E-state index in [4.69, 9.17) is 13.9 Å². The number of hydrogen-bond donors (Lipinski definition) is 2.